The molecule has 0 aliphatic heterocycles. The van der Waals surface area contributed by atoms with Crippen molar-refractivity contribution in [3.8, 4) is 0 Å². The Balaban J connectivity index is 4.45. The van der Waals surface area contributed by atoms with E-state index in [-0.39, 0.29) is 0 Å². The first-order valence-electron chi connectivity index (χ1n) is 7.59. The van der Waals surface area contributed by atoms with Gasteiger partial charge < -0.3 is 0 Å². The van der Waals surface area contributed by atoms with Crippen LogP contribution in [-0.4, -0.2) is 0 Å². The van der Waals surface area contributed by atoms with Crippen molar-refractivity contribution >= 4 is 0 Å². The van der Waals surface area contributed by atoms with E-state index in [1.165, 1.54) is 25.7 Å². The van der Waals surface area contributed by atoms with Gasteiger partial charge in [0.1, 0.15) is 0 Å². The van der Waals surface area contributed by atoms with Gasteiger partial charge in [-0.25, -0.2) is 0 Å². The second kappa shape index (κ2) is 11.3. The summed E-state index contributed by atoms with van der Waals surface area (Å²) in [5.41, 5.74) is 0. The zero-order valence-electron chi connectivity index (χ0n) is 12.9. The van der Waals surface area contributed by atoms with Gasteiger partial charge in [-0.15, -0.1) is 6.58 Å². The summed E-state index contributed by atoms with van der Waals surface area (Å²) in [6, 6.07) is 0. The smallest absolute Gasteiger partial charge is 0.0172 e. The molecule has 0 spiro atoms. The molecular formula is C18H32. The third-order valence-electron chi connectivity index (χ3n) is 3.38. The molecule has 0 aromatic rings. The number of hydrogen-bond donors (Lipinski definition) is 0. The van der Waals surface area contributed by atoms with Crippen LogP contribution in [0.25, 0.3) is 0 Å². The maximum atomic E-state index is 3.77. The predicted molar refractivity (Wildman–Crippen MR) is 84.7 cm³/mol. The fraction of sp³-hybridized carbons (Fsp3) is 0.667. The third-order valence-corrected chi connectivity index (χ3v) is 3.38. The van der Waals surface area contributed by atoms with Crippen LogP contribution in [-0.2, 0) is 0 Å². The fourth-order valence-corrected chi connectivity index (χ4v) is 2.38. The Labute approximate surface area is 115 Å². The summed E-state index contributed by atoms with van der Waals surface area (Å²) in [5, 5.41) is 0. The highest BCUT2D eigenvalue weighted by Gasteiger charge is 2.15. The van der Waals surface area contributed by atoms with Gasteiger partial charge in [0.15, 0.2) is 0 Å². The van der Waals surface area contributed by atoms with E-state index in [0.29, 0.717) is 5.92 Å². The second-order valence-electron chi connectivity index (χ2n) is 5.48. The van der Waals surface area contributed by atoms with Crippen LogP contribution in [0.4, 0.5) is 0 Å². The second-order valence-corrected chi connectivity index (χ2v) is 5.48. The molecule has 0 saturated carbocycles. The van der Waals surface area contributed by atoms with Crippen LogP contribution in [0.3, 0.4) is 0 Å². The molecule has 0 aliphatic rings. The van der Waals surface area contributed by atoms with E-state index in [0.717, 1.165) is 18.3 Å². The number of hydrogen-bond acceptors (Lipinski definition) is 0. The molecule has 0 aromatic heterocycles. The third kappa shape index (κ3) is 8.33. The average Bonchev–Trinajstić information content (AvgIpc) is 2.33. The zero-order valence-corrected chi connectivity index (χ0v) is 12.9. The van der Waals surface area contributed by atoms with Gasteiger partial charge in [0.25, 0.3) is 0 Å². The minimum Gasteiger partial charge on any atom is -0.103 e. The lowest BCUT2D eigenvalue weighted by molar-refractivity contribution is 0.359. The molecule has 0 nitrogen and oxygen atoms in total. The van der Waals surface area contributed by atoms with Crippen molar-refractivity contribution in [3.63, 3.8) is 0 Å². The molecule has 0 N–H and O–H groups in total. The molecule has 2 unspecified atom stereocenters. The van der Waals surface area contributed by atoms with Crippen LogP contribution in [0.15, 0.2) is 37.0 Å². The Morgan fingerprint density at radius 1 is 1.06 bits per heavy atom. The highest BCUT2D eigenvalue weighted by Crippen LogP contribution is 2.26. The largest absolute Gasteiger partial charge is 0.103 e. The Kier molecular flexibility index (Phi) is 10.8. The highest BCUT2D eigenvalue weighted by atomic mass is 14.2. The predicted octanol–water partition coefficient (Wildman–Crippen LogP) is 6.16. The average molecular weight is 248 g/mol. The van der Waals surface area contributed by atoms with E-state index in [2.05, 4.69) is 58.6 Å². The monoisotopic (exact) mass is 248 g/mol. The molecule has 0 heterocycles. The van der Waals surface area contributed by atoms with Crippen molar-refractivity contribution in [2.75, 3.05) is 0 Å². The lowest BCUT2D eigenvalue weighted by atomic mass is 9.83. The lowest BCUT2D eigenvalue weighted by Gasteiger charge is -2.22. The van der Waals surface area contributed by atoms with Gasteiger partial charge in [0.05, 0.1) is 0 Å². The standard InChI is InChI=1S/C18H32/c1-6-9-10-14-17(8-3)18(12-7-2)15-11-13-16(4)5/h6,10-11,13-14,16-18H,1,7-9,12,15H2,2-5H3. The summed E-state index contributed by atoms with van der Waals surface area (Å²) < 4.78 is 0. The maximum absolute atomic E-state index is 3.77. The van der Waals surface area contributed by atoms with Crippen molar-refractivity contribution in [1.29, 1.82) is 0 Å². The van der Waals surface area contributed by atoms with E-state index in [1.807, 2.05) is 6.08 Å². The molecule has 104 valence electrons. The molecule has 0 aliphatic carbocycles. The summed E-state index contributed by atoms with van der Waals surface area (Å²) >= 11 is 0. The summed E-state index contributed by atoms with van der Waals surface area (Å²) in [7, 11) is 0. The topological polar surface area (TPSA) is 0 Å². The summed E-state index contributed by atoms with van der Waals surface area (Å²) in [6.45, 7) is 12.9. The molecular weight excluding hydrogens is 216 g/mol. The van der Waals surface area contributed by atoms with Crippen LogP contribution in [0.1, 0.15) is 59.8 Å². The van der Waals surface area contributed by atoms with E-state index < -0.39 is 0 Å². The van der Waals surface area contributed by atoms with E-state index >= 15 is 0 Å². The molecule has 0 fully saturated rings. The highest BCUT2D eigenvalue weighted by molar-refractivity contribution is 4.97. The van der Waals surface area contributed by atoms with Gasteiger partial charge in [-0.05, 0) is 43.4 Å². The van der Waals surface area contributed by atoms with Gasteiger partial charge in [-0.1, -0.05) is 64.5 Å². The van der Waals surface area contributed by atoms with Gasteiger partial charge in [-0.2, -0.15) is 0 Å². The van der Waals surface area contributed by atoms with Crippen molar-refractivity contribution < 1.29 is 0 Å². The van der Waals surface area contributed by atoms with Crippen LogP contribution < -0.4 is 0 Å². The quantitative estimate of drug-likeness (QED) is 0.406. The molecule has 0 saturated heterocycles. The Morgan fingerprint density at radius 2 is 1.78 bits per heavy atom. The van der Waals surface area contributed by atoms with Crippen LogP contribution >= 0.6 is 0 Å². The van der Waals surface area contributed by atoms with Gasteiger partial charge in [0.2, 0.25) is 0 Å². The molecule has 0 bridgehead atoms. The molecule has 0 radical (unpaired) electrons. The summed E-state index contributed by atoms with van der Waals surface area (Å²) in [6.07, 6.45) is 17.5. The van der Waals surface area contributed by atoms with Gasteiger partial charge in [0, 0.05) is 0 Å². The summed E-state index contributed by atoms with van der Waals surface area (Å²) in [4.78, 5) is 0. The maximum Gasteiger partial charge on any atom is -0.0172 e. The fourth-order valence-electron chi connectivity index (χ4n) is 2.38. The first-order chi connectivity index (χ1) is 8.65. The Bertz CT molecular complexity index is 245. The van der Waals surface area contributed by atoms with E-state index in [4.69, 9.17) is 0 Å². The molecule has 18 heavy (non-hydrogen) atoms. The van der Waals surface area contributed by atoms with E-state index in [9.17, 15) is 0 Å². The van der Waals surface area contributed by atoms with E-state index in [1.54, 1.807) is 0 Å². The Morgan fingerprint density at radius 3 is 2.28 bits per heavy atom. The van der Waals surface area contributed by atoms with Crippen LogP contribution in [0.2, 0.25) is 0 Å². The molecule has 0 rings (SSSR count). The van der Waals surface area contributed by atoms with Crippen molar-refractivity contribution in [3.05, 3.63) is 37.0 Å². The Hall–Kier alpha value is -0.780. The number of rotatable bonds is 10. The van der Waals surface area contributed by atoms with Crippen molar-refractivity contribution in [2.24, 2.45) is 17.8 Å². The van der Waals surface area contributed by atoms with Crippen LogP contribution in [0, 0.1) is 17.8 Å². The van der Waals surface area contributed by atoms with Crippen molar-refractivity contribution in [2.45, 2.75) is 59.8 Å². The minimum absolute atomic E-state index is 0.670. The zero-order chi connectivity index (χ0) is 13.8. The molecule has 0 heteroatoms. The number of allylic oxidation sites excluding steroid dienone is 5. The first-order valence-corrected chi connectivity index (χ1v) is 7.59. The normalized spacial score (nSPS) is 15.6. The lowest BCUT2D eigenvalue weighted by Crippen LogP contribution is -2.11. The molecule has 0 amide bonds. The van der Waals surface area contributed by atoms with Crippen molar-refractivity contribution in [1.82, 2.24) is 0 Å². The van der Waals surface area contributed by atoms with Gasteiger partial charge >= 0.3 is 0 Å². The first kappa shape index (κ1) is 17.2. The minimum atomic E-state index is 0.670. The van der Waals surface area contributed by atoms with Crippen LogP contribution in [0.5, 0.6) is 0 Å². The molecule has 0 aromatic carbocycles. The molecule has 2 atom stereocenters. The summed E-state index contributed by atoms with van der Waals surface area (Å²) in [5.74, 6) is 2.20. The van der Waals surface area contributed by atoms with Gasteiger partial charge in [-0.3, -0.25) is 0 Å². The SMILES string of the molecule is C=CCC=CC(CC)C(CC=CC(C)C)CCC.